The van der Waals surface area contributed by atoms with Gasteiger partial charge in [0.05, 0.1) is 90.4 Å². The number of hydrogen-bond donors (Lipinski definition) is 6. The maximum Gasteiger partial charge on any atom is 0.253 e. The van der Waals surface area contributed by atoms with Crippen LogP contribution in [0.2, 0.25) is 0 Å². The first-order chi connectivity index (χ1) is 71.6. The van der Waals surface area contributed by atoms with Gasteiger partial charge in [0.1, 0.15) is 113 Å². The van der Waals surface area contributed by atoms with Crippen LogP contribution in [0.3, 0.4) is 0 Å². The minimum Gasteiger partial charge on any atom is -0.496 e. The van der Waals surface area contributed by atoms with Crippen molar-refractivity contribution < 1.29 is 42.6 Å². The van der Waals surface area contributed by atoms with Gasteiger partial charge in [0, 0.05) is 222 Å². The van der Waals surface area contributed by atoms with Crippen LogP contribution in [0.5, 0.6) is 52.4 Å². The van der Waals surface area contributed by atoms with Gasteiger partial charge in [-0.05, 0) is 104 Å². The van der Waals surface area contributed by atoms with Crippen molar-refractivity contribution in [2.75, 3.05) is 108 Å². The van der Waals surface area contributed by atoms with Crippen LogP contribution in [0, 0.1) is 56.7 Å². The number of aryl methyl sites for hydroxylation is 5. The molecule has 0 unspecified atom stereocenters. The summed E-state index contributed by atoms with van der Waals surface area (Å²) in [6.45, 7) is 3.49. The van der Waals surface area contributed by atoms with E-state index in [4.69, 9.17) is 42.6 Å². The molecule has 0 spiro atoms. The quantitative estimate of drug-likeness (QED) is 0.0243. The molecule has 0 amide bonds. The Hall–Kier alpha value is -18.4. The maximum atomic E-state index is 9.34. The molecule has 47 heteroatoms. The predicted octanol–water partition coefficient (Wildman–Crippen LogP) is 13.6. The Labute approximate surface area is 846 Å². The molecule has 6 N–H and O–H groups in total. The second kappa shape index (κ2) is 48.4. The van der Waals surface area contributed by atoms with Crippen molar-refractivity contribution in [2.24, 2.45) is 35.2 Å². The van der Waals surface area contributed by atoms with Crippen LogP contribution in [0.1, 0.15) is 118 Å². The molecule has 0 aromatic carbocycles. The van der Waals surface area contributed by atoms with Gasteiger partial charge in [-0.2, -0.15) is 76.7 Å². The van der Waals surface area contributed by atoms with E-state index in [-0.39, 0.29) is 88.4 Å². The second-order valence-electron chi connectivity index (χ2n) is 34.8. The van der Waals surface area contributed by atoms with E-state index in [0.717, 1.165) is 177 Å². The van der Waals surface area contributed by atoms with Crippen molar-refractivity contribution in [2.45, 2.75) is 120 Å². The number of anilines is 11. The van der Waals surface area contributed by atoms with E-state index in [2.05, 4.69) is 142 Å². The fourth-order valence-electron chi connectivity index (χ4n) is 16.7. The number of likely N-dealkylation sites (N-methyl/N-ethyl adjacent to an activating group) is 2. The van der Waals surface area contributed by atoms with Crippen LogP contribution >= 0.6 is 0 Å². The highest BCUT2D eigenvalue weighted by atomic mass is 16.5. The van der Waals surface area contributed by atoms with Gasteiger partial charge in [-0.15, -0.1) is 0 Å². The molecule has 15 aromatic heterocycles. The molecule has 752 valence electrons. The number of rotatable bonds is 30. The number of likely N-dealkylation sites (tertiary alicyclic amines) is 2. The van der Waals surface area contributed by atoms with Crippen molar-refractivity contribution in [1.82, 2.24) is 133 Å². The molecule has 5 fully saturated rings. The Bertz CT molecular complexity index is 6740. The lowest BCUT2D eigenvalue weighted by molar-refractivity contribution is 0.198. The fourth-order valence-corrected chi connectivity index (χ4v) is 16.7. The summed E-state index contributed by atoms with van der Waals surface area (Å²) >= 11 is 0. The molecule has 147 heavy (non-hydrogen) atoms. The van der Waals surface area contributed by atoms with Crippen LogP contribution in [0.25, 0.3) is 55.6 Å². The summed E-state index contributed by atoms with van der Waals surface area (Å²) in [6.07, 6.45) is 49.0. The molecular weight excluding hydrogens is 1880 g/mol. The van der Waals surface area contributed by atoms with E-state index in [1.165, 1.54) is 31.0 Å². The molecular formula is C100H108N38O9. The molecule has 2 aliphatic heterocycles. The maximum absolute atomic E-state index is 9.34. The third kappa shape index (κ3) is 26.5. The van der Waals surface area contributed by atoms with Crippen molar-refractivity contribution >= 4 is 63.9 Å². The SMILES string of the molecule is CNc1cc(Nc2cnc(C#N)c(O[C@@H]3CCN(C)C3)n2)ncc1-c1cnn(C)c1.COc1cc(Nc2cnc(C#N)c(OC3CCCC3)n2)ncc1-c1cnn(C)c1.COc1cc(Nc2cnc(C#N)c(OC3CCCC3)n2)ncc1-c1cnn(C)c1.COc1cc(Nc2cnc(C#N)c(OC3CCCC3)n2)ncc1-c1cnn(C)c1.COc1cc(Nc2cnc(C#N)c(O[C@@H]3CCN(C)C3)n2)ncc1-c1cnn(C)c1. The Morgan fingerprint density at radius 2 is 0.497 bits per heavy atom. The zero-order valence-corrected chi connectivity index (χ0v) is 83.0. The Kier molecular flexibility index (Phi) is 33.4. The summed E-state index contributed by atoms with van der Waals surface area (Å²) in [6, 6.07) is 19.2. The molecule has 0 radical (unpaired) electrons. The van der Waals surface area contributed by atoms with Crippen molar-refractivity contribution in [3.05, 3.63) is 183 Å². The molecule has 2 saturated heterocycles. The lowest BCUT2D eigenvalue weighted by atomic mass is 10.1. The van der Waals surface area contributed by atoms with Gasteiger partial charge in [-0.3, -0.25) is 23.4 Å². The van der Waals surface area contributed by atoms with Gasteiger partial charge in [-0.1, -0.05) is 0 Å². The lowest BCUT2D eigenvalue weighted by Gasteiger charge is -2.15. The summed E-state index contributed by atoms with van der Waals surface area (Å²) in [5.41, 5.74) is 10.7. The molecule has 47 nitrogen and oxygen atoms in total. The van der Waals surface area contributed by atoms with Gasteiger partial charge in [0.2, 0.25) is 28.5 Å². The van der Waals surface area contributed by atoms with E-state index in [1.54, 1.807) is 138 Å². The van der Waals surface area contributed by atoms with Gasteiger partial charge < -0.3 is 84.3 Å². The van der Waals surface area contributed by atoms with Crippen molar-refractivity contribution in [1.29, 1.82) is 26.3 Å². The standard InChI is InChI=1S/C20H23N9O.C20H22N8O2.3C20H21N7O2/c1-22-16-6-18(24-9-15(16)13-8-25-29(3)11-13)26-19-10-23-17(7-21)20(27-19)30-14-4-5-28(2)12-14;1-27-5-4-14(12-27)30-20-16(7-21)22-10-19(26-20)25-18-6-17(29-3)15(9-23-18)13-8-24-28(2)11-13;3*1-27-12-13(9-24-27)15-10-23-18(7-17(15)28-2)25-19-11-22-16(8-21)20(26-19)29-14-5-3-4-6-14/h6,8-11,14H,4-5,12H2,1-3H3,(H2,22,24,26,27);6,8-11,14H,4-5,12H2,1-3H3,(H,23,25,26);3*7,9-12,14H,3-6H2,1-2H3,(H,23,25,26)/t2*14-;;;/m11.../s1. The number of nitrogens with one attached hydrogen (secondary N) is 6. The summed E-state index contributed by atoms with van der Waals surface area (Å²) in [7, 11) is 21.6. The number of aromatic nitrogens is 25. The Morgan fingerprint density at radius 3 is 0.701 bits per heavy atom. The molecule has 0 bridgehead atoms. The fraction of sp³-hybridized carbons (Fsp3) is 0.350. The highest BCUT2D eigenvalue weighted by Gasteiger charge is 2.30. The molecule has 3 aliphatic carbocycles. The van der Waals surface area contributed by atoms with Gasteiger partial charge in [0.15, 0.2) is 29.1 Å². The third-order valence-electron chi connectivity index (χ3n) is 24.1. The van der Waals surface area contributed by atoms with Crippen LogP contribution < -0.4 is 74.5 Å². The zero-order valence-electron chi connectivity index (χ0n) is 83.0. The van der Waals surface area contributed by atoms with E-state index in [0.29, 0.717) is 81.2 Å². The van der Waals surface area contributed by atoms with Gasteiger partial charge in [-0.25, -0.2) is 49.8 Å². The van der Waals surface area contributed by atoms with E-state index < -0.39 is 0 Å². The summed E-state index contributed by atoms with van der Waals surface area (Å²) in [5.74, 6) is 8.80. The highest BCUT2D eigenvalue weighted by molar-refractivity contribution is 5.80. The topological polar surface area (TPSA) is 563 Å². The average Bonchev–Trinajstić information content (AvgIpc) is 1.79. The number of nitriles is 5. The summed E-state index contributed by atoms with van der Waals surface area (Å²) < 4.78 is 60.3. The average molecular weight is 1990 g/mol. The van der Waals surface area contributed by atoms with Crippen LogP contribution in [0.15, 0.2) is 154 Å². The highest BCUT2D eigenvalue weighted by Crippen LogP contribution is 2.40. The van der Waals surface area contributed by atoms with Crippen LogP contribution in [-0.4, -0.2) is 240 Å². The third-order valence-corrected chi connectivity index (χ3v) is 24.1. The first-order valence-electron chi connectivity index (χ1n) is 47.3. The molecule has 2 atom stereocenters. The monoisotopic (exact) mass is 1980 g/mol. The molecule has 17 heterocycles. The van der Waals surface area contributed by atoms with Crippen molar-refractivity contribution in [3.63, 3.8) is 0 Å². The van der Waals surface area contributed by atoms with E-state index in [9.17, 15) is 26.3 Å². The van der Waals surface area contributed by atoms with Gasteiger partial charge >= 0.3 is 0 Å². The van der Waals surface area contributed by atoms with Gasteiger partial charge in [0.25, 0.3) is 29.4 Å². The molecule has 5 aliphatic rings. The first-order valence-corrected chi connectivity index (χ1v) is 47.3. The number of ether oxygens (including phenoxy) is 9. The lowest BCUT2D eigenvalue weighted by Crippen LogP contribution is -2.22. The Morgan fingerprint density at radius 1 is 0.272 bits per heavy atom. The van der Waals surface area contributed by atoms with Crippen LogP contribution in [-0.2, 0) is 35.2 Å². The first kappa shape index (κ1) is 102. The summed E-state index contributed by atoms with van der Waals surface area (Å²) in [5, 5.41) is 86.3. The molecule has 15 aromatic rings. The number of methoxy groups -OCH3 is 4. The second-order valence-corrected chi connectivity index (χ2v) is 34.8. The molecule has 20 rings (SSSR count). The molecule has 3 saturated carbocycles. The minimum absolute atomic E-state index is 0.000524. The minimum atomic E-state index is -0.0105. The smallest absolute Gasteiger partial charge is 0.253 e. The zero-order chi connectivity index (χ0) is 103. The number of pyridine rings is 5. The summed E-state index contributed by atoms with van der Waals surface area (Å²) in [4.78, 5) is 69.6. The largest absolute Gasteiger partial charge is 0.496 e. The van der Waals surface area contributed by atoms with Crippen molar-refractivity contribution in [3.8, 4) is 138 Å². The predicted molar refractivity (Wildman–Crippen MR) is 540 cm³/mol. The van der Waals surface area contributed by atoms with E-state index in [1.807, 2.05) is 124 Å². The normalized spacial score (nSPS) is 14.8. The Balaban J connectivity index is 0.000000131. The number of nitrogens with zero attached hydrogens (tertiary/aromatic N) is 32. The number of hydrogen-bond acceptors (Lipinski definition) is 42. The van der Waals surface area contributed by atoms with E-state index >= 15 is 0 Å². The van der Waals surface area contributed by atoms with Crippen LogP contribution in [0.4, 0.5) is 63.9 Å².